The maximum Gasteiger partial charge on any atom is 0.339 e. The molecule has 0 saturated carbocycles. The molecule has 1 aromatic heterocycles. The van der Waals surface area contributed by atoms with Gasteiger partial charge in [0.25, 0.3) is 0 Å². The monoisotopic (exact) mass is 289 g/mol. The normalized spacial score (nSPS) is 11.9. The van der Waals surface area contributed by atoms with Gasteiger partial charge in [0.1, 0.15) is 0 Å². The van der Waals surface area contributed by atoms with Gasteiger partial charge in [0, 0.05) is 11.1 Å². The van der Waals surface area contributed by atoms with Crippen molar-refractivity contribution < 1.29 is 13.7 Å². The van der Waals surface area contributed by atoms with Crippen molar-refractivity contribution >= 4 is 16.8 Å². The predicted molar refractivity (Wildman–Crippen MR) is 76.9 cm³/mol. The summed E-state index contributed by atoms with van der Waals surface area (Å²) in [5.74, 6) is -0.101. The molecule has 0 fully saturated rings. The highest BCUT2D eigenvalue weighted by Crippen LogP contribution is 2.15. The lowest BCUT2D eigenvalue weighted by atomic mass is 10.2. The van der Waals surface area contributed by atoms with Crippen LogP contribution in [0.1, 0.15) is 21.6 Å². The maximum absolute atomic E-state index is 12.3. The molecule has 0 aliphatic rings. The third-order valence-corrected chi connectivity index (χ3v) is 4.37. The molecule has 0 N–H and O–H groups in total. The molecule has 0 radical (unpaired) electrons. The first-order valence-electron chi connectivity index (χ1n) is 6.09. The summed E-state index contributed by atoms with van der Waals surface area (Å²) in [6.07, 6.45) is 1.44. The Labute approximate surface area is 120 Å². The van der Waals surface area contributed by atoms with Gasteiger partial charge in [0.2, 0.25) is 0 Å². The van der Waals surface area contributed by atoms with Gasteiger partial charge in [-0.25, -0.2) is 4.79 Å². The molecule has 104 valence electrons. The molecule has 1 heterocycles. The fraction of sp³-hybridized carbons (Fsp3) is 0.200. The van der Waals surface area contributed by atoms with Crippen LogP contribution in [0.5, 0.6) is 0 Å². The van der Waals surface area contributed by atoms with Crippen molar-refractivity contribution in [2.75, 3.05) is 7.11 Å². The second kappa shape index (κ2) is 6.43. The molecule has 4 nitrogen and oxygen atoms in total. The van der Waals surface area contributed by atoms with Crippen molar-refractivity contribution in [3.8, 4) is 0 Å². The van der Waals surface area contributed by atoms with Gasteiger partial charge in [-0.05, 0) is 30.7 Å². The fourth-order valence-electron chi connectivity index (χ4n) is 1.77. The molecule has 2 aromatic rings. The number of aryl methyl sites for hydroxylation is 1. The lowest BCUT2D eigenvalue weighted by Gasteiger charge is -2.06. The number of esters is 1. The number of nitrogens with zero attached hydrogens (tertiary/aromatic N) is 1. The minimum Gasteiger partial charge on any atom is -0.465 e. The smallest absolute Gasteiger partial charge is 0.339 e. The van der Waals surface area contributed by atoms with E-state index in [1.807, 2.05) is 31.2 Å². The number of rotatable bonds is 4. The summed E-state index contributed by atoms with van der Waals surface area (Å²) in [6, 6.07) is 10.9. The van der Waals surface area contributed by atoms with Gasteiger partial charge >= 0.3 is 5.97 Å². The summed E-state index contributed by atoms with van der Waals surface area (Å²) in [5.41, 5.74) is 2.06. The summed E-state index contributed by atoms with van der Waals surface area (Å²) in [6.45, 7) is 1.93. The highest BCUT2D eigenvalue weighted by Gasteiger charge is 2.10. The van der Waals surface area contributed by atoms with E-state index in [-0.39, 0.29) is 0 Å². The van der Waals surface area contributed by atoms with Crippen LogP contribution >= 0.6 is 0 Å². The summed E-state index contributed by atoms with van der Waals surface area (Å²) < 4.78 is 16.9. The van der Waals surface area contributed by atoms with Gasteiger partial charge in [-0.1, -0.05) is 18.2 Å². The molecule has 1 unspecified atom stereocenters. The van der Waals surface area contributed by atoms with Crippen molar-refractivity contribution in [3.05, 3.63) is 59.4 Å². The van der Waals surface area contributed by atoms with E-state index in [2.05, 4.69) is 9.72 Å². The van der Waals surface area contributed by atoms with E-state index in [0.29, 0.717) is 17.0 Å². The number of hydrogen-bond acceptors (Lipinski definition) is 4. The number of hydrogen-bond donors (Lipinski definition) is 0. The van der Waals surface area contributed by atoms with Crippen molar-refractivity contribution in [1.82, 2.24) is 4.98 Å². The molecular weight excluding hydrogens is 274 g/mol. The molecule has 0 aliphatic heterocycles. The molecule has 0 saturated heterocycles. The summed E-state index contributed by atoms with van der Waals surface area (Å²) in [5, 5.41) is 0. The van der Waals surface area contributed by atoms with Crippen LogP contribution < -0.4 is 0 Å². The van der Waals surface area contributed by atoms with Crippen LogP contribution in [0.15, 0.2) is 47.5 Å². The maximum atomic E-state index is 12.3. The molecule has 1 aromatic carbocycles. The molecule has 1 atom stereocenters. The van der Waals surface area contributed by atoms with Gasteiger partial charge in [0.15, 0.2) is 0 Å². The molecule has 0 aliphatic carbocycles. The number of carbonyl (C=O) groups excluding carboxylic acids is 1. The summed E-state index contributed by atoms with van der Waals surface area (Å²) in [4.78, 5) is 16.3. The Hall–Kier alpha value is -2.01. The largest absolute Gasteiger partial charge is 0.465 e. The van der Waals surface area contributed by atoms with E-state index in [9.17, 15) is 9.00 Å². The van der Waals surface area contributed by atoms with Crippen molar-refractivity contribution in [1.29, 1.82) is 0 Å². The Morgan fingerprint density at radius 2 is 2.00 bits per heavy atom. The van der Waals surface area contributed by atoms with Crippen molar-refractivity contribution in [2.24, 2.45) is 0 Å². The quantitative estimate of drug-likeness (QED) is 0.811. The first-order chi connectivity index (χ1) is 9.61. The van der Waals surface area contributed by atoms with E-state index >= 15 is 0 Å². The zero-order chi connectivity index (χ0) is 14.5. The Kier molecular flexibility index (Phi) is 4.63. The average molecular weight is 289 g/mol. The first kappa shape index (κ1) is 14.4. The summed E-state index contributed by atoms with van der Waals surface area (Å²) in [7, 11) is 0.179. The molecule has 0 bridgehead atoms. The molecule has 5 heteroatoms. The Balaban J connectivity index is 2.13. The van der Waals surface area contributed by atoms with Crippen molar-refractivity contribution in [3.63, 3.8) is 0 Å². The second-order valence-electron chi connectivity index (χ2n) is 4.29. The van der Waals surface area contributed by atoms with Gasteiger partial charge in [-0.2, -0.15) is 0 Å². The predicted octanol–water partition coefficient (Wildman–Crippen LogP) is 2.48. The Bertz CT molecular complexity index is 638. The van der Waals surface area contributed by atoms with E-state index in [1.54, 1.807) is 12.1 Å². The fourth-order valence-corrected chi connectivity index (χ4v) is 3.02. The van der Waals surface area contributed by atoms with E-state index in [0.717, 1.165) is 10.5 Å². The zero-order valence-corrected chi connectivity index (χ0v) is 12.1. The van der Waals surface area contributed by atoms with Gasteiger partial charge in [0.05, 0.1) is 34.9 Å². The van der Waals surface area contributed by atoms with Crippen LogP contribution in [-0.4, -0.2) is 22.3 Å². The van der Waals surface area contributed by atoms with Crippen LogP contribution in [0, 0.1) is 6.92 Å². The molecule has 0 amide bonds. The molecule has 20 heavy (non-hydrogen) atoms. The third kappa shape index (κ3) is 3.30. The van der Waals surface area contributed by atoms with Crippen LogP contribution in [-0.2, 0) is 21.3 Å². The minimum absolute atomic E-state index is 0.326. The van der Waals surface area contributed by atoms with E-state index in [4.69, 9.17) is 0 Å². The lowest BCUT2D eigenvalue weighted by Crippen LogP contribution is -2.04. The lowest BCUT2D eigenvalue weighted by molar-refractivity contribution is 0.0600. The van der Waals surface area contributed by atoms with Gasteiger partial charge < -0.3 is 4.74 Å². The Morgan fingerprint density at radius 1 is 1.25 bits per heavy atom. The zero-order valence-electron chi connectivity index (χ0n) is 11.3. The van der Waals surface area contributed by atoms with E-state index < -0.39 is 16.8 Å². The Morgan fingerprint density at radius 3 is 2.60 bits per heavy atom. The first-order valence-corrected chi connectivity index (χ1v) is 7.41. The number of carbonyl (C=O) groups is 1. The standard InChI is InChI=1S/C15H15NO3S/c1-11-5-3-4-6-14(11)20(18)10-13-8-7-12(9-16-13)15(17)19-2/h3-9H,10H2,1-2H3. The molecule has 2 rings (SSSR count). The van der Waals surface area contributed by atoms with Gasteiger partial charge in [-0.3, -0.25) is 9.19 Å². The third-order valence-electron chi connectivity index (χ3n) is 2.86. The van der Waals surface area contributed by atoms with E-state index in [1.165, 1.54) is 13.3 Å². The number of pyridine rings is 1. The second-order valence-corrected chi connectivity index (χ2v) is 5.70. The number of aromatic nitrogens is 1. The van der Waals surface area contributed by atoms with Gasteiger partial charge in [-0.15, -0.1) is 0 Å². The molecule has 0 spiro atoms. The summed E-state index contributed by atoms with van der Waals surface area (Å²) >= 11 is 0. The van der Waals surface area contributed by atoms with Crippen LogP contribution in [0.3, 0.4) is 0 Å². The number of ether oxygens (including phenoxy) is 1. The topological polar surface area (TPSA) is 56.3 Å². The minimum atomic E-state index is -1.14. The molecular formula is C15H15NO3S. The number of methoxy groups -OCH3 is 1. The SMILES string of the molecule is COC(=O)c1ccc(CS(=O)c2ccccc2C)nc1. The highest BCUT2D eigenvalue weighted by atomic mass is 32.2. The number of benzene rings is 1. The van der Waals surface area contributed by atoms with Crippen molar-refractivity contribution in [2.45, 2.75) is 17.6 Å². The van der Waals surface area contributed by atoms with Crippen LogP contribution in [0.2, 0.25) is 0 Å². The highest BCUT2D eigenvalue weighted by molar-refractivity contribution is 7.84. The average Bonchev–Trinajstić information content (AvgIpc) is 2.47. The van der Waals surface area contributed by atoms with Crippen LogP contribution in [0.4, 0.5) is 0 Å². The van der Waals surface area contributed by atoms with Crippen LogP contribution in [0.25, 0.3) is 0 Å².